The van der Waals surface area contributed by atoms with Crippen LogP contribution in [0.3, 0.4) is 0 Å². The van der Waals surface area contributed by atoms with Crippen molar-refractivity contribution in [3.63, 3.8) is 0 Å². The highest BCUT2D eigenvalue weighted by molar-refractivity contribution is 9.10. The predicted molar refractivity (Wildman–Crippen MR) is 73.3 cm³/mol. The summed E-state index contributed by atoms with van der Waals surface area (Å²) in [4.78, 5) is 0. The van der Waals surface area contributed by atoms with Crippen molar-refractivity contribution in [2.24, 2.45) is 7.05 Å². The lowest BCUT2D eigenvalue weighted by Gasteiger charge is -2.16. The Hall–Kier alpha value is -0.840. The minimum atomic E-state index is 0.107. The third-order valence-corrected chi connectivity index (χ3v) is 3.54. The molecule has 0 bridgehead atoms. The second-order valence-electron chi connectivity index (χ2n) is 3.83. The second-order valence-corrected chi connectivity index (χ2v) is 5.13. The summed E-state index contributed by atoms with van der Waals surface area (Å²) in [7, 11) is 3.84. The van der Waals surface area contributed by atoms with Gasteiger partial charge in [0, 0.05) is 28.3 Å². The van der Waals surface area contributed by atoms with Gasteiger partial charge in [-0.05, 0) is 24.7 Å². The Bertz CT molecular complexity index is 524. The van der Waals surface area contributed by atoms with Crippen molar-refractivity contribution in [3.8, 4) is 0 Å². The predicted octanol–water partition coefficient (Wildman–Crippen LogP) is 3.14. The van der Waals surface area contributed by atoms with Crippen LogP contribution in [0.1, 0.15) is 17.2 Å². The number of benzene rings is 1. The lowest BCUT2D eigenvalue weighted by molar-refractivity contribution is 0.686. The van der Waals surface area contributed by atoms with E-state index in [1.54, 1.807) is 4.68 Å². The molecule has 2 aromatic rings. The van der Waals surface area contributed by atoms with Gasteiger partial charge in [0.1, 0.15) is 0 Å². The molecule has 1 unspecified atom stereocenters. The molecule has 0 spiro atoms. The van der Waals surface area contributed by atoms with Gasteiger partial charge in [0.2, 0.25) is 0 Å². The minimum Gasteiger partial charge on any atom is -0.309 e. The molecule has 0 aliphatic rings. The fourth-order valence-electron chi connectivity index (χ4n) is 1.83. The van der Waals surface area contributed by atoms with Crippen LogP contribution in [0.4, 0.5) is 0 Å². The molecule has 1 N–H and O–H groups in total. The molecule has 2 rings (SSSR count). The van der Waals surface area contributed by atoms with Gasteiger partial charge in [0.15, 0.2) is 0 Å². The number of nitrogens with one attached hydrogen (secondary N) is 1. The van der Waals surface area contributed by atoms with E-state index in [1.165, 1.54) is 0 Å². The smallest absolute Gasteiger partial charge is 0.0616 e. The van der Waals surface area contributed by atoms with E-state index in [-0.39, 0.29) is 6.04 Å². The fraction of sp³-hybridized carbons (Fsp3) is 0.250. The first kappa shape index (κ1) is 12.6. The third-order valence-electron chi connectivity index (χ3n) is 2.62. The van der Waals surface area contributed by atoms with Gasteiger partial charge in [-0.2, -0.15) is 5.10 Å². The molecule has 1 aromatic carbocycles. The summed E-state index contributed by atoms with van der Waals surface area (Å²) in [6.07, 6.45) is 3.87. The van der Waals surface area contributed by atoms with Crippen LogP contribution < -0.4 is 5.32 Å². The molecule has 0 saturated carbocycles. The van der Waals surface area contributed by atoms with Crippen molar-refractivity contribution in [2.75, 3.05) is 7.05 Å². The molecule has 0 saturated heterocycles. The summed E-state index contributed by atoms with van der Waals surface area (Å²) < 4.78 is 2.79. The maximum absolute atomic E-state index is 5.95. The standard InChI is InChI=1S/C12H13BrClN3/c1-15-12(8-6-16-17(2)7-8)10-4-3-9(14)5-11(10)13/h3-7,12,15H,1-2H3. The van der Waals surface area contributed by atoms with Gasteiger partial charge in [0.05, 0.1) is 12.2 Å². The van der Waals surface area contributed by atoms with Crippen LogP contribution in [-0.4, -0.2) is 16.8 Å². The van der Waals surface area contributed by atoms with Crippen molar-refractivity contribution in [1.82, 2.24) is 15.1 Å². The molecule has 0 amide bonds. The fourth-order valence-corrected chi connectivity index (χ4v) is 2.74. The first-order valence-corrected chi connectivity index (χ1v) is 6.39. The van der Waals surface area contributed by atoms with Gasteiger partial charge < -0.3 is 5.32 Å². The van der Waals surface area contributed by atoms with E-state index in [0.717, 1.165) is 20.6 Å². The number of halogens is 2. The van der Waals surface area contributed by atoms with E-state index in [4.69, 9.17) is 11.6 Å². The van der Waals surface area contributed by atoms with Crippen molar-refractivity contribution in [1.29, 1.82) is 0 Å². The number of hydrogen-bond acceptors (Lipinski definition) is 2. The summed E-state index contributed by atoms with van der Waals surface area (Å²) in [6.45, 7) is 0. The highest BCUT2D eigenvalue weighted by Crippen LogP contribution is 2.30. The normalized spacial score (nSPS) is 12.7. The number of nitrogens with zero attached hydrogens (tertiary/aromatic N) is 2. The molecule has 0 radical (unpaired) electrons. The van der Waals surface area contributed by atoms with Crippen molar-refractivity contribution in [2.45, 2.75) is 6.04 Å². The SMILES string of the molecule is CNC(c1cnn(C)c1)c1ccc(Cl)cc1Br. The van der Waals surface area contributed by atoms with Gasteiger partial charge in [0.25, 0.3) is 0 Å². The molecule has 5 heteroatoms. The molecule has 17 heavy (non-hydrogen) atoms. The zero-order valence-corrected chi connectivity index (χ0v) is 12.0. The van der Waals surface area contributed by atoms with E-state index < -0.39 is 0 Å². The summed E-state index contributed by atoms with van der Waals surface area (Å²) in [6, 6.07) is 5.91. The molecule has 1 atom stereocenters. The van der Waals surface area contributed by atoms with Crippen LogP contribution >= 0.6 is 27.5 Å². The van der Waals surface area contributed by atoms with E-state index in [1.807, 2.05) is 44.7 Å². The topological polar surface area (TPSA) is 29.9 Å². The quantitative estimate of drug-likeness (QED) is 0.943. The van der Waals surface area contributed by atoms with Gasteiger partial charge in [-0.15, -0.1) is 0 Å². The Balaban J connectivity index is 2.42. The van der Waals surface area contributed by atoms with Crippen LogP contribution in [0.25, 0.3) is 0 Å². The summed E-state index contributed by atoms with van der Waals surface area (Å²) in [5.74, 6) is 0. The maximum Gasteiger partial charge on any atom is 0.0616 e. The summed E-state index contributed by atoms with van der Waals surface area (Å²) >= 11 is 9.49. The van der Waals surface area contributed by atoms with E-state index in [9.17, 15) is 0 Å². The first-order chi connectivity index (χ1) is 8.11. The Morgan fingerprint density at radius 2 is 2.24 bits per heavy atom. The summed E-state index contributed by atoms with van der Waals surface area (Å²) in [5.41, 5.74) is 2.27. The Kier molecular flexibility index (Phi) is 3.86. The number of hydrogen-bond donors (Lipinski definition) is 1. The van der Waals surface area contributed by atoms with Gasteiger partial charge >= 0.3 is 0 Å². The summed E-state index contributed by atoms with van der Waals surface area (Å²) in [5, 5.41) is 8.20. The highest BCUT2D eigenvalue weighted by Gasteiger charge is 2.16. The molecule has 3 nitrogen and oxygen atoms in total. The molecule has 1 aromatic heterocycles. The lowest BCUT2D eigenvalue weighted by Crippen LogP contribution is -2.17. The van der Waals surface area contributed by atoms with Crippen molar-refractivity contribution in [3.05, 3.63) is 51.2 Å². The largest absolute Gasteiger partial charge is 0.309 e. The van der Waals surface area contributed by atoms with Crippen molar-refractivity contribution >= 4 is 27.5 Å². The maximum atomic E-state index is 5.95. The average Bonchev–Trinajstić information content (AvgIpc) is 2.69. The third kappa shape index (κ3) is 2.70. The second kappa shape index (κ2) is 5.21. The molecular weight excluding hydrogens is 302 g/mol. The van der Waals surface area contributed by atoms with Gasteiger partial charge in [-0.3, -0.25) is 4.68 Å². The molecular formula is C12H13BrClN3. The Morgan fingerprint density at radius 3 is 2.76 bits per heavy atom. The lowest BCUT2D eigenvalue weighted by atomic mass is 10.0. The first-order valence-electron chi connectivity index (χ1n) is 5.22. The van der Waals surface area contributed by atoms with Crippen LogP contribution in [0.5, 0.6) is 0 Å². The van der Waals surface area contributed by atoms with Crippen LogP contribution in [0.2, 0.25) is 5.02 Å². The van der Waals surface area contributed by atoms with Gasteiger partial charge in [-0.1, -0.05) is 33.6 Å². The number of rotatable bonds is 3. The number of aryl methyl sites for hydroxylation is 1. The minimum absolute atomic E-state index is 0.107. The Labute approximate surface area is 114 Å². The van der Waals surface area contributed by atoms with Crippen LogP contribution in [0.15, 0.2) is 35.1 Å². The van der Waals surface area contributed by atoms with Gasteiger partial charge in [-0.25, -0.2) is 0 Å². The van der Waals surface area contributed by atoms with E-state index in [2.05, 4.69) is 26.3 Å². The molecule has 0 aliphatic carbocycles. The monoisotopic (exact) mass is 313 g/mol. The number of aromatic nitrogens is 2. The van der Waals surface area contributed by atoms with E-state index in [0.29, 0.717) is 0 Å². The van der Waals surface area contributed by atoms with Crippen LogP contribution in [-0.2, 0) is 7.05 Å². The van der Waals surface area contributed by atoms with E-state index >= 15 is 0 Å². The zero-order chi connectivity index (χ0) is 12.4. The molecule has 0 aliphatic heterocycles. The zero-order valence-electron chi connectivity index (χ0n) is 9.61. The average molecular weight is 315 g/mol. The Morgan fingerprint density at radius 1 is 1.47 bits per heavy atom. The molecule has 90 valence electrons. The molecule has 1 heterocycles. The van der Waals surface area contributed by atoms with Crippen LogP contribution in [0, 0.1) is 0 Å². The highest BCUT2D eigenvalue weighted by atomic mass is 79.9. The molecule has 0 fully saturated rings. The van der Waals surface area contributed by atoms with Crippen molar-refractivity contribution < 1.29 is 0 Å².